The first-order valence-corrected chi connectivity index (χ1v) is 14.8. The molecule has 1 amide bonds. The van der Waals surface area contributed by atoms with E-state index < -0.39 is 5.92 Å². The summed E-state index contributed by atoms with van der Waals surface area (Å²) in [6.07, 6.45) is 0.957. The fourth-order valence-corrected chi connectivity index (χ4v) is 7.00. The summed E-state index contributed by atoms with van der Waals surface area (Å²) in [6.45, 7) is 6.09. The number of aryl methyl sites for hydroxylation is 1. The molecule has 2 aromatic carbocycles. The van der Waals surface area contributed by atoms with Crippen molar-refractivity contribution in [2.24, 2.45) is 11.1 Å². The maximum Gasteiger partial charge on any atom is 0.234 e. The summed E-state index contributed by atoms with van der Waals surface area (Å²) in [5, 5.41) is 22.2. The van der Waals surface area contributed by atoms with E-state index in [2.05, 4.69) is 35.4 Å². The summed E-state index contributed by atoms with van der Waals surface area (Å²) in [5.74, 6) is 0.157. The zero-order valence-electron chi connectivity index (χ0n) is 23.2. The smallest absolute Gasteiger partial charge is 0.234 e. The van der Waals surface area contributed by atoms with Gasteiger partial charge in [0.15, 0.2) is 10.1 Å². The minimum atomic E-state index is -0.546. The average Bonchev–Trinajstić information content (AvgIpc) is 3.39. The largest absolute Gasteiger partial charge is 0.495 e. The van der Waals surface area contributed by atoms with Gasteiger partial charge >= 0.3 is 0 Å². The van der Waals surface area contributed by atoms with Crippen LogP contribution < -0.4 is 20.7 Å². The zero-order valence-corrected chi connectivity index (χ0v) is 24.9. The van der Waals surface area contributed by atoms with Gasteiger partial charge in [-0.15, -0.1) is 10.2 Å². The molecule has 1 unspecified atom stereocenters. The Kier molecular flexibility index (Phi) is 7.89. The van der Waals surface area contributed by atoms with Crippen LogP contribution in [0.15, 0.2) is 75.5 Å². The molecule has 0 saturated carbocycles. The van der Waals surface area contributed by atoms with Crippen LogP contribution in [0.1, 0.15) is 43.7 Å². The molecule has 1 atom stereocenters. The van der Waals surface area contributed by atoms with Gasteiger partial charge < -0.3 is 15.8 Å². The Morgan fingerprint density at radius 2 is 2.02 bits per heavy atom. The van der Waals surface area contributed by atoms with Crippen molar-refractivity contribution >= 4 is 45.6 Å². The lowest BCUT2D eigenvalue weighted by Crippen LogP contribution is -2.42. The highest BCUT2D eigenvalue weighted by atomic mass is 32.2. The molecule has 0 bridgehead atoms. The Morgan fingerprint density at radius 3 is 2.76 bits per heavy atom. The monoisotopic (exact) mass is 586 g/mol. The zero-order chi connectivity index (χ0) is 29.3. The third-order valence-corrected chi connectivity index (χ3v) is 9.09. The number of amides is 1. The second kappa shape index (κ2) is 11.4. The number of rotatable bonds is 7. The number of nitrogens with one attached hydrogen (secondary N) is 1. The van der Waals surface area contributed by atoms with Gasteiger partial charge in [-0.05, 0) is 36.5 Å². The van der Waals surface area contributed by atoms with Gasteiger partial charge in [0, 0.05) is 17.7 Å². The van der Waals surface area contributed by atoms with Crippen molar-refractivity contribution in [2.45, 2.75) is 43.9 Å². The number of nitrogens with two attached hydrogens (primary N) is 1. The van der Waals surface area contributed by atoms with Crippen LogP contribution in [0, 0.1) is 23.7 Å². The van der Waals surface area contributed by atoms with Crippen molar-refractivity contribution in [1.29, 1.82) is 5.26 Å². The van der Waals surface area contributed by atoms with Crippen molar-refractivity contribution in [1.82, 2.24) is 10.2 Å². The Bertz CT molecular complexity index is 1630. The van der Waals surface area contributed by atoms with E-state index >= 15 is 0 Å². The number of ether oxygens (including phenoxy) is 1. The lowest BCUT2D eigenvalue weighted by Gasteiger charge is -2.42. The molecule has 3 aromatic rings. The summed E-state index contributed by atoms with van der Waals surface area (Å²) in [6, 6.07) is 17.3. The highest BCUT2D eigenvalue weighted by Gasteiger charge is 2.45. The molecule has 11 heteroatoms. The SMILES string of the molecule is COc1ccccc1NC(=O)CSc1nnc(N2C(N)=C(C#N)C(c3cccc(C)c3)C3=C2CC(C)(C)CC3=O)s1. The molecule has 0 fully saturated rings. The van der Waals surface area contributed by atoms with Crippen LogP contribution >= 0.6 is 23.1 Å². The number of thioether (sulfide) groups is 1. The molecule has 5 rings (SSSR count). The van der Waals surface area contributed by atoms with Gasteiger partial charge in [-0.25, -0.2) is 0 Å². The molecule has 2 heterocycles. The molecule has 0 radical (unpaired) electrons. The molecule has 0 spiro atoms. The number of methoxy groups -OCH3 is 1. The lowest BCUT2D eigenvalue weighted by molar-refractivity contribution is -0.118. The van der Waals surface area contributed by atoms with Gasteiger partial charge in [0.1, 0.15) is 11.6 Å². The fourth-order valence-electron chi connectivity index (χ4n) is 5.32. The fraction of sp³-hybridized carbons (Fsp3) is 0.300. The lowest BCUT2D eigenvalue weighted by atomic mass is 9.68. The number of ketones is 1. The van der Waals surface area contributed by atoms with Crippen LogP contribution in [-0.2, 0) is 9.59 Å². The number of allylic oxidation sites excluding steroid dienone is 3. The normalized spacial score (nSPS) is 18.2. The Hall–Kier alpha value is -4.14. The maximum absolute atomic E-state index is 13.7. The number of nitrogens with zero attached hydrogens (tertiary/aromatic N) is 4. The standard InChI is InChI=1S/C30H30N6O3S2/c1-17-8-7-9-18(12-17)25-19(15-31)27(32)36(21-13-30(2,3)14-22(37)26(21)25)28-34-35-29(41-28)40-16-24(38)33-20-10-5-6-11-23(20)39-4/h5-12,25H,13-14,16,32H2,1-4H3,(H,33,38). The molecule has 2 aliphatic rings. The van der Waals surface area contributed by atoms with Crippen molar-refractivity contribution in [3.05, 3.63) is 82.3 Å². The predicted molar refractivity (Wildman–Crippen MR) is 161 cm³/mol. The third kappa shape index (κ3) is 5.71. The molecule has 210 valence electrons. The van der Waals surface area contributed by atoms with E-state index in [-0.39, 0.29) is 28.7 Å². The second-order valence-electron chi connectivity index (χ2n) is 10.8. The highest BCUT2D eigenvalue weighted by molar-refractivity contribution is 8.01. The van der Waals surface area contributed by atoms with Gasteiger partial charge in [-0.1, -0.05) is 78.9 Å². The molecule has 1 aliphatic carbocycles. The van der Waals surface area contributed by atoms with E-state index in [0.717, 1.165) is 16.8 Å². The molecular weight excluding hydrogens is 557 g/mol. The first-order valence-electron chi connectivity index (χ1n) is 13.0. The van der Waals surface area contributed by atoms with Crippen LogP contribution in [0.3, 0.4) is 0 Å². The van der Waals surface area contributed by atoms with Gasteiger partial charge in [0.25, 0.3) is 0 Å². The van der Waals surface area contributed by atoms with E-state index in [1.54, 1.807) is 24.1 Å². The van der Waals surface area contributed by atoms with E-state index in [1.165, 1.54) is 23.1 Å². The number of nitriles is 1. The van der Waals surface area contributed by atoms with Crippen LogP contribution in [0.2, 0.25) is 0 Å². The summed E-state index contributed by atoms with van der Waals surface area (Å²) in [4.78, 5) is 28.0. The number of hydrogen-bond donors (Lipinski definition) is 2. The molecule has 41 heavy (non-hydrogen) atoms. The van der Waals surface area contributed by atoms with Gasteiger partial charge in [-0.2, -0.15) is 5.26 Å². The topological polar surface area (TPSA) is 134 Å². The minimum absolute atomic E-state index is 0.000121. The second-order valence-corrected chi connectivity index (χ2v) is 13.0. The third-order valence-electron chi connectivity index (χ3n) is 7.05. The number of carbonyl (C=O) groups is 2. The Morgan fingerprint density at radius 1 is 1.24 bits per heavy atom. The van der Waals surface area contributed by atoms with Crippen LogP contribution in [-0.4, -0.2) is 34.8 Å². The predicted octanol–water partition coefficient (Wildman–Crippen LogP) is 5.53. The summed E-state index contributed by atoms with van der Waals surface area (Å²) >= 11 is 2.50. The van der Waals surface area contributed by atoms with Gasteiger partial charge in [0.05, 0.1) is 36.1 Å². The van der Waals surface area contributed by atoms with Crippen LogP contribution in [0.5, 0.6) is 5.75 Å². The van der Waals surface area contributed by atoms with Crippen LogP contribution in [0.25, 0.3) is 0 Å². The highest BCUT2D eigenvalue weighted by Crippen LogP contribution is 2.50. The average molecular weight is 587 g/mol. The summed E-state index contributed by atoms with van der Waals surface area (Å²) < 4.78 is 5.86. The van der Waals surface area contributed by atoms with Crippen molar-refractivity contribution < 1.29 is 14.3 Å². The summed E-state index contributed by atoms with van der Waals surface area (Å²) in [5.41, 5.74) is 10.5. The van der Waals surface area contributed by atoms with E-state index in [9.17, 15) is 14.9 Å². The van der Waals surface area contributed by atoms with E-state index in [4.69, 9.17) is 10.5 Å². The minimum Gasteiger partial charge on any atom is -0.495 e. The number of Topliss-reactive ketones (excluding diaryl/α,β-unsaturated/α-hetero) is 1. The number of aromatic nitrogens is 2. The first kappa shape index (κ1) is 28.4. The van der Waals surface area contributed by atoms with Crippen molar-refractivity contribution in [3.8, 4) is 11.8 Å². The molecule has 0 saturated heterocycles. The van der Waals surface area contributed by atoms with Crippen LogP contribution in [0.4, 0.5) is 10.8 Å². The maximum atomic E-state index is 13.7. The molecule has 1 aromatic heterocycles. The molecule has 9 nitrogen and oxygen atoms in total. The Balaban J connectivity index is 1.46. The number of benzene rings is 2. The van der Waals surface area contributed by atoms with E-state index in [0.29, 0.717) is 44.9 Å². The number of carbonyl (C=O) groups excluding carboxylic acids is 2. The summed E-state index contributed by atoms with van der Waals surface area (Å²) in [7, 11) is 1.55. The van der Waals surface area contributed by atoms with Crippen molar-refractivity contribution in [2.75, 3.05) is 23.1 Å². The molecule has 1 aliphatic heterocycles. The molecular formula is C30H30N6O3S2. The quantitative estimate of drug-likeness (QED) is 0.343. The number of para-hydroxylation sites is 2. The number of anilines is 2. The number of hydrogen-bond acceptors (Lipinski definition) is 10. The van der Waals surface area contributed by atoms with Crippen molar-refractivity contribution in [3.63, 3.8) is 0 Å². The van der Waals surface area contributed by atoms with Gasteiger partial charge in [-0.3, -0.25) is 14.5 Å². The van der Waals surface area contributed by atoms with Gasteiger partial charge in [0.2, 0.25) is 11.0 Å². The molecule has 3 N–H and O–H groups in total. The van der Waals surface area contributed by atoms with E-state index in [1.807, 2.05) is 43.3 Å². The first-order chi connectivity index (χ1) is 19.6. The Labute approximate surface area is 247 Å².